The number of fused-ring (bicyclic) bond motifs is 2. The number of likely N-dealkylation sites (N-methyl/N-ethyl adjacent to an activating group) is 1. The van der Waals surface area contributed by atoms with Crippen molar-refractivity contribution < 1.29 is 23.1 Å². The number of carbonyl (C=O) groups is 2. The highest BCUT2D eigenvalue weighted by molar-refractivity contribution is 6.31. The first-order valence-corrected chi connectivity index (χ1v) is 20.1. The Morgan fingerprint density at radius 2 is 1.54 bits per heavy atom. The van der Waals surface area contributed by atoms with Crippen LogP contribution in [0.4, 0.5) is 37.2 Å². The van der Waals surface area contributed by atoms with E-state index in [4.69, 9.17) is 16.3 Å². The van der Waals surface area contributed by atoms with Gasteiger partial charge in [-0.15, -0.1) is 0 Å². The molecule has 9 rings (SSSR count). The number of hydrazine groups is 1. The molecule has 57 heavy (non-hydrogen) atoms. The number of rotatable bonds is 10. The van der Waals surface area contributed by atoms with E-state index in [0.29, 0.717) is 69.6 Å². The van der Waals surface area contributed by atoms with Crippen LogP contribution in [0, 0.1) is 37.3 Å². The molecule has 6 N–H and O–H groups in total. The Morgan fingerprint density at radius 3 is 2.21 bits per heavy atom. The quantitative estimate of drug-likeness (QED) is 0.107. The highest BCUT2D eigenvalue weighted by Gasteiger charge is 2.48. The molecule has 0 aromatic heterocycles. The molecule has 1 saturated carbocycles. The Morgan fingerprint density at radius 1 is 0.877 bits per heavy atom. The van der Waals surface area contributed by atoms with Crippen molar-refractivity contribution in [1.82, 2.24) is 15.8 Å². The average molecular weight is 797 g/mol. The van der Waals surface area contributed by atoms with Gasteiger partial charge in [-0.25, -0.2) is 19.6 Å². The summed E-state index contributed by atoms with van der Waals surface area (Å²) < 4.78 is 35.3. The molecular formula is C43H47ClF2N8O3. The Labute approximate surface area is 335 Å². The molecule has 4 aromatic carbocycles. The lowest BCUT2D eigenvalue weighted by molar-refractivity contribution is -0.117. The molecule has 2 saturated heterocycles. The summed E-state index contributed by atoms with van der Waals surface area (Å²) in [7, 11) is 2.19. The molecule has 4 heterocycles. The lowest BCUT2D eigenvalue weighted by Gasteiger charge is -2.26. The summed E-state index contributed by atoms with van der Waals surface area (Å²) >= 11 is 6.56. The smallest absolute Gasteiger partial charge is 0.247 e. The van der Waals surface area contributed by atoms with Gasteiger partial charge >= 0.3 is 0 Å². The minimum Gasteiger partial charge on any atom is -0.373 e. The molecule has 7 unspecified atom stereocenters. The molecule has 3 fully saturated rings. The van der Waals surface area contributed by atoms with Gasteiger partial charge < -0.3 is 35.8 Å². The van der Waals surface area contributed by atoms with Crippen molar-refractivity contribution >= 4 is 51.9 Å². The topological polar surface area (TPSA) is 122 Å². The van der Waals surface area contributed by atoms with Crippen molar-refractivity contribution in [3.63, 3.8) is 0 Å². The van der Waals surface area contributed by atoms with Crippen LogP contribution in [0.15, 0.2) is 66.7 Å². The number of hydrogen-bond donors (Lipinski definition) is 6. The van der Waals surface area contributed by atoms with Crippen LogP contribution in [-0.2, 0) is 27.2 Å². The minimum atomic E-state index is -0.565. The average Bonchev–Trinajstić information content (AvgIpc) is 3.77. The van der Waals surface area contributed by atoms with Crippen LogP contribution >= 0.6 is 11.6 Å². The van der Waals surface area contributed by atoms with Gasteiger partial charge in [0, 0.05) is 89.0 Å². The zero-order valence-corrected chi connectivity index (χ0v) is 32.9. The fourth-order valence-corrected chi connectivity index (χ4v) is 9.20. The first-order valence-electron chi connectivity index (χ1n) is 19.7. The van der Waals surface area contributed by atoms with Gasteiger partial charge in [0.05, 0.1) is 0 Å². The standard InChI is InChI=1S/C43H47ClF2N8O3/c1-22-7-9-34(45)32-18-36(49-38(22)32)40(55)47-27-6-4-5-24(13-27)42-51-52-43(57-42)31-14-25(31)20-53(3)29-11-12-54(21-29)30-16-26(44)15-28(17-30)48-41(56)37-19-33-35(46)10-8-23(2)39(33)50-37/h4-10,13,15-17,25,29,31,36-37,42-43,49-52H,11-12,14,18-21H2,1-3H3,(H,47,55)(H,48,56). The van der Waals surface area contributed by atoms with Crippen LogP contribution in [0.25, 0.3) is 0 Å². The zero-order valence-electron chi connectivity index (χ0n) is 32.1. The highest BCUT2D eigenvalue weighted by Crippen LogP contribution is 2.45. The van der Waals surface area contributed by atoms with E-state index < -0.39 is 12.1 Å². The van der Waals surface area contributed by atoms with Crippen molar-refractivity contribution in [2.45, 2.75) is 70.1 Å². The molecule has 5 aliphatic rings. The van der Waals surface area contributed by atoms with E-state index in [1.54, 1.807) is 18.2 Å². The van der Waals surface area contributed by atoms with Crippen LogP contribution in [0.2, 0.25) is 5.02 Å². The van der Waals surface area contributed by atoms with Crippen molar-refractivity contribution in [2.75, 3.05) is 52.8 Å². The van der Waals surface area contributed by atoms with Gasteiger partial charge in [0.1, 0.15) is 36.2 Å². The maximum absolute atomic E-state index is 14.4. The third kappa shape index (κ3) is 7.66. The fourth-order valence-electron chi connectivity index (χ4n) is 8.97. The number of nitrogens with zero attached hydrogens (tertiary/aromatic N) is 2. The number of halogens is 3. The molecule has 298 valence electrons. The molecule has 1 aliphatic carbocycles. The van der Waals surface area contributed by atoms with E-state index in [9.17, 15) is 18.4 Å². The predicted molar refractivity (Wildman–Crippen MR) is 218 cm³/mol. The molecule has 4 aliphatic heterocycles. The lowest BCUT2D eigenvalue weighted by Crippen LogP contribution is -2.37. The summed E-state index contributed by atoms with van der Waals surface area (Å²) in [5.74, 6) is -0.180. The van der Waals surface area contributed by atoms with E-state index in [1.807, 2.05) is 50.2 Å². The Kier molecular flexibility index (Phi) is 10.1. The maximum Gasteiger partial charge on any atom is 0.247 e. The Hall–Kier alpha value is -4.79. The van der Waals surface area contributed by atoms with Crippen molar-refractivity contribution in [2.24, 2.45) is 11.8 Å². The van der Waals surface area contributed by atoms with Gasteiger partial charge in [-0.3, -0.25) is 9.59 Å². The maximum atomic E-state index is 14.4. The fraction of sp³-hybridized carbons (Fsp3) is 0.395. The molecule has 2 amide bonds. The normalized spacial score (nSPS) is 25.9. The van der Waals surface area contributed by atoms with Gasteiger partial charge in [0.25, 0.3) is 0 Å². The number of amides is 2. The van der Waals surface area contributed by atoms with Crippen molar-refractivity contribution in [3.05, 3.63) is 111 Å². The lowest BCUT2D eigenvalue weighted by atomic mass is 10.1. The number of hydrogen-bond acceptors (Lipinski definition) is 9. The van der Waals surface area contributed by atoms with E-state index in [1.165, 1.54) is 12.1 Å². The van der Waals surface area contributed by atoms with Crippen molar-refractivity contribution in [3.8, 4) is 0 Å². The largest absolute Gasteiger partial charge is 0.373 e. The van der Waals surface area contributed by atoms with Gasteiger partial charge in [-0.2, -0.15) is 0 Å². The van der Waals surface area contributed by atoms with Crippen molar-refractivity contribution in [1.29, 1.82) is 0 Å². The van der Waals surface area contributed by atoms with E-state index >= 15 is 0 Å². The summed E-state index contributed by atoms with van der Waals surface area (Å²) in [4.78, 5) is 31.2. The second-order valence-corrected chi connectivity index (χ2v) is 16.7. The Bertz CT molecular complexity index is 2180. The number of carbonyl (C=O) groups excluding carboxylic acids is 2. The summed E-state index contributed by atoms with van der Waals surface area (Å²) in [5, 5.41) is 12.9. The number of nitrogens with one attached hydrogen (secondary N) is 6. The van der Waals surface area contributed by atoms with Gasteiger partial charge in [-0.1, -0.05) is 35.9 Å². The monoisotopic (exact) mass is 796 g/mol. The summed E-state index contributed by atoms with van der Waals surface area (Å²) in [6.45, 7) is 6.47. The van der Waals surface area contributed by atoms with Crippen LogP contribution < -0.4 is 37.0 Å². The minimum absolute atomic E-state index is 0.136. The molecule has 0 bridgehead atoms. The summed E-state index contributed by atoms with van der Waals surface area (Å²) in [6, 6.07) is 18.8. The first kappa shape index (κ1) is 37.8. The van der Waals surface area contributed by atoms with Gasteiger partial charge in [0.2, 0.25) is 11.8 Å². The van der Waals surface area contributed by atoms with Crippen LogP contribution in [-0.4, -0.2) is 67.7 Å². The van der Waals surface area contributed by atoms with E-state index in [-0.39, 0.29) is 35.9 Å². The highest BCUT2D eigenvalue weighted by atomic mass is 35.5. The predicted octanol–water partition coefficient (Wildman–Crippen LogP) is 6.48. The summed E-state index contributed by atoms with van der Waals surface area (Å²) in [6.07, 6.45) is 2.15. The SMILES string of the molecule is Cc1ccc(F)c2c1NC(C(=O)Nc1cccc(C3NNC(C4CC4CN(C)C4CCN(c5cc(Cl)cc(NC(=O)C6Cc7c(F)ccc(C)c7N6)c5)C4)O3)c1)C2. The first-order chi connectivity index (χ1) is 27.5. The second-order valence-electron chi connectivity index (χ2n) is 16.3. The second kappa shape index (κ2) is 15.2. The number of aryl methyl sites for hydroxylation is 2. The van der Waals surface area contributed by atoms with Crippen LogP contribution in [0.3, 0.4) is 0 Å². The molecular weight excluding hydrogens is 750 g/mol. The third-order valence-electron chi connectivity index (χ3n) is 12.3. The molecule has 4 aromatic rings. The zero-order chi connectivity index (χ0) is 39.5. The third-order valence-corrected chi connectivity index (χ3v) is 12.5. The molecule has 14 heteroatoms. The van der Waals surface area contributed by atoms with Crippen LogP contribution in [0.5, 0.6) is 0 Å². The number of benzene rings is 4. The molecule has 11 nitrogen and oxygen atoms in total. The molecule has 7 atom stereocenters. The van der Waals surface area contributed by atoms with E-state index in [0.717, 1.165) is 54.9 Å². The Balaban J connectivity index is 0.744. The number of anilines is 5. The molecule has 0 radical (unpaired) electrons. The van der Waals surface area contributed by atoms with Gasteiger partial charge in [-0.05, 0) is 98.8 Å². The van der Waals surface area contributed by atoms with E-state index in [2.05, 4.69) is 49.0 Å². The van der Waals surface area contributed by atoms with Gasteiger partial charge in [0.15, 0.2) is 0 Å². The summed E-state index contributed by atoms with van der Waals surface area (Å²) in [5.41, 5.74) is 14.1. The number of ether oxygens (including phenoxy) is 1. The van der Waals surface area contributed by atoms with Crippen LogP contribution in [0.1, 0.15) is 46.9 Å². The molecule has 0 spiro atoms.